The lowest BCUT2D eigenvalue weighted by Gasteiger charge is -2.08. The average molecular weight is 279 g/mol. The summed E-state index contributed by atoms with van der Waals surface area (Å²) in [7, 11) is 0. The monoisotopic (exact) mass is 278 g/mol. The Kier molecular flexibility index (Phi) is 3.87. The molecule has 1 aromatic carbocycles. The maximum absolute atomic E-state index is 11.7. The van der Waals surface area contributed by atoms with Crippen molar-refractivity contribution in [3.05, 3.63) is 47.4 Å². The Balaban J connectivity index is 2.12. The number of halogens is 1. The van der Waals surface area contributed by atoms with Crippen LogP contribution in [0.4, 0.5) is 11.4 Å². The lowest BCUT2D eigenvalue weighted by molar-refractivity contribution is -0.114. The molecule has 0 aliphatic heterocycles. The van der Waals surface area contributed by atoms with Crippen LogP contribution in [-0.2, 0) is 4.79 Å². The van der Waals surface area contributed by atoms with Gasteiger partial charge in [-0.2, -0.15) is 0 Å². The molecule has 0 saturated heterocycles. The van der Waals surface area contributed by atoms with Crippen molar-refractivity contribution in [1.82, 2.24) is 0 Å². The Hall–Kier alpha value is -2.27. The predicted molar refractivity (Wildman–Crippen MR) is 72.4 cm³/mol. The second-order valence-corrected chi connectivity index (χ2v) is 4.21. The molecule has 98 valence electrons. The van der Waals surface area contributed by atoms with Crippen LogP contribution in [0.2, 0.25) is 5.02 Å². The van der Waals surface area contributed by atoms with Gasteiger partial charge in [0.2, 0.25) is 5.91 Å². The van der Waals surface area contributed by atoms with Gasteiger partial charge in [0, 0.05) is 12.6 Å². The van der Waals surface area contributed by atoms with Crippen LogP contribution in [0.5, 0.6) is 0 Å². The number of hydrogen-bond donors (Lipinski definition) is 2. The summed E-state index contributed by atoms with van der Waals surface area (Å²) in [5, 5.41) is 5.56. The normalized spacial score (nSPS) is 10.0. The lowest BCUT2D eigenvalue weighted by atomic mass is 10.2. The van der Waals surface area contributed by atoms with Gasteiger partial charge in [-0.3, -0.25) is 9.59 Å². The highest BCUT2D eigenvalue weighted by molar-refractivity contribution is 6.34. The summed E-state index contributed by atoms with van der Waals surface area (Å²) >= 11 is 5.99. The fourth-order valence-corrected chi connectivity index (χ4v) is 1.71. The zero-order chi connectivity index (χ0) is 13.8. The van der Waals surface area contributed by atoms with Gasteiger partial charge in [0.25, 0.3) is 5.91 Å². The topological polar surface area (TPSA) is 71.3 Å². The Bertz CT molecular complexity index is 608. The third-order valence-corrected chi connectivity index (χ3v) is 2.60. The van der Waals surface area contributed by atoms with Gasteiger partial charge in [-0.1, -0.05) is 11.6 Å². The first-order chi connectivity index (χ1) is 9.06. The molecule has 2 N–H and O–H groups in total. The van der Waals surface area contributed by atoms with Crippen LogP contribution in [0.15, 0.2) is 41.0 Å². The van der Waals surface area contributed by atoms with E-state index in [0.29, 0.717) is 16.4 Å². The summed E-state index contributed by atoms with van der Waals surface area (Å²) in [6, 6.07) is 7.98. The van der Waals surface area contributed by atoms with E-state index < -0.39 is 0 Å². The molecular formula is C13H11ClN2O3. The zero-order valence-electron chi connectivity index (χ0n) is 10.1. The molecule has 1 aromatic heterocycles. The molecule has 0 saturated carbocycles. The number of nitrogens with one attached hydrogen (secondary N) is 2. The third-order valence-electron chi connectivity index (χ3n) is 2.28. The number of benzene rings is 1. The second kappa shape index (κ2) is 5.58. The van der Waals surface area contributed by atoms with Crippen LogP contribution >= 0.6 is 11.6 Å². The van der Waals surface area contributed by atoms with Crippen molar-refractivity contribution >= 4 is 34.8 Å². The van der Waals surface area contributed by atoms with Crippen molar-refractivity contribution in [1.29, 1.82) is 0 Å². The van der Waals surface area contributed by atoms with Crippen LogP contribution in [0.1, 0.15) is 17.5 Å². The van der Waals surface area contributed by atoms with Crippen molar-refractivity contribution < 1.29 is 14.0 Å². The largest absolute Gasteiger partial charge is 0.459 e. The zero-order valence-corrected chi connectivity index (χ0v) is 10.8. The smallest absolute Gasteiger partial charge is 0.291 e. The molecule has 0 unspecified atom stereocenters. The highest BCUT2D eigenvalue weighted by Crippen LogP contribution is 2.25. The molecule has 0 radical (unpaired) electrons. The molecule has 2 aromatic rings. The van der Waals surface area contributed by atoms with Crippen LogP contribution in [-0.4, -0.2) is 11.8 Å². The van der Waals surface area contributed by atoms with Crippen molar-refractivity contribution in [3.8, 4) is 0 Å². The van der Waals surface area contributed by atoms with Gasteiger partial charge in [-0.15, -0.1) is 0 Å². The van der Waals surface area contributed by atoms with Crippen molar-refractivity contribution in [2.75, 3.05) is 10.6 Å². The molecule has 0 aliphatic rings. The van der Waals surface area contributed by atoms with Gasteiger partial charge in [0.05, 0.1) is 17.0 Å². The summed E-state index contributed by atoms with van der Waals surface area (Å²) in [5.74, 6) is -0.371. The first-order valence-electron chi connectivity index (χ1n) is 5.48. The molecule has 0 bridgehead atoms. The minimum Gasteiger partial charge on any atom is -0.459 e. The van der Waals surface area contributed by atoms with E-state index in [1.54, 1.807) is 30.3 Å². The van der Waals surface area contributed by atoms with Gasteiger partial charge in [0.1, 0.15) is 0 Å². The third kappa shape index (κ3) is 3.35. The predicted octanol–water partition coefficient (Wildman–Crippen LogP) is 3.14. The molecule has 1 heterocycles. The summed E-state index contributed by atoms with van der Waals surface area (Å²) in [4.78, 5) is 22.7. The summed E-state index contributed by atoms with van der Waals surface area (Å²) in [6.45, 7) is 1.39. The first kappa shape index (κ1) is 13.2. The lowest BCUT2D eigenvalue weighted by Crippen LogP contribution is -2.11. The molecule has 0 aliphatic carbocycles. The molecule has 0 fully saturated rings. The van der Waals surface area contributed by atoms with Gasteiger partial charge in [0.15, 0.2) is 5.76 Å². The van der Waals surface area contributed by atoms with E-state index in [0.717, 1.165) is 0 Å². The second-order valence-electron chi connectivity index (χ2n) is 3.81. The number of furan rings is 1. The molecule has 19 heavy (non-hydrogen) atoms. The summed E-state index contributed by atoms with van der Waals surface area (Å²) < 4.78 is 4.97. The number of anilines is 2. The fraction of sp³-hybridized carbons (Fsp3) is 0.0769. The fourth-order valence-electron chi connectivity index (χ4n) is 1.48. The summed E-state index contributed by atoms with van der Waals surface area (Å²) in [6.07, 6.45) is 1.42. The molecular weight excluding hydrogens is 268 g/mol. The highest BCUT2D eigenvalue weighted by atomic mass is 35.5. The van der Waals surface area contributed by atoms with E-state index in [-0.39, 0.29) is 17.6 Å². The van der Waals surface area contributed by atoms with E-state index in [4.69, 9.17) is 16.0 Å². The maximum Gasteiger partial charge on any atom is 0.291 e. The quantitative estimate of drug-likeness (QED) is 0.906. The van der Waals surface area contributed by atoms with Crippen molar-refractivity contribution in [2.24, 2.45) is 0 Å². The summed E-state index contributed by atoms with van der Waals surface area (Å²) in [5.41, 5.74) is 1.01. The van der Waals surface area contributed by atoms with Gasteiger partial charge < -0.3 is 15.1 Å². The van der Waals surface area contributed by atoms with Gasteiger partial charge >= 0.3 is 0 Å². The number of carbonyl (C=O) groups is 2. The number of rotatable bonds is 3. The Morgan fingerprint density at radius 2 is 2.00 bits per heavy atom. The van der Waals surface area contributed by atoms with Crippen LogP contribution < -0.4 is 10.6 Å². The Labute approximate surface area is 114 Å². The van der Waals surface area contributed by atoms with E-state index in [9.17, 15) is 9.59 Å². The Morgan fingerprint density at radius 1 is 1.21 bits per heavy atom. The maximum atomic E-state index is 11.7. The minimum absolute atomic E-state index is 0.210. The van der Waals surface area contributed by atoms with Crippen molar-refractivity contribution in [3.63, 3.8) is 0 Å². The molecule has 5 nitrogen and oxygen atoms in total. The van der Waals surface area contributed by atoms with Crippen LogP contribution in [0, 0.1) is 0 Å². The van der Waals surface area contributed by atoms with Crippen LogP contribution in [0.3, 0.4) is 0 Å². The van der Waals surface area contributed by atoms with Gasteiger partial charge in [-0.25, -0.2) is 0 Å². The van der Waals surface area contributed by atoms with E-state index in [1.807, 2.05) is 0 Å². The molecule has 2 amide bonds. The average Bonchev–Trinajstić information content (AvgIpc) is 2.86. The standard InChI is InChI=1S/C13H11ClN2O3/c1-8(17)15-11-5-4-9(7-10(11)14)16-13(18)12-3-2-6-19-12/h2-7H,1H3,(H,15,17)(H,16,18). The first-order valence-corrected chi connectivity index (χ1v) is 5.86. The highest BCUT2D eigenvalue weighted by Gasteiger charge is 2.10. The van der Waals surface area contributed by atoms with Crippen LogP contribution in [0.25, 0.3) is 0 Å². The van der Waals surface area contributed by atoms with E-state index in [2.05, 4.69) is 10.6 Å². The molecule has 2 rings (SSSR count). The number of carbonyl (C=O) groups excluding carboxylic acids is 2. The SMILES string of the molecule is CC(=O)Nc1ccc(NC(=O)c2ccco2)cc1Cl. The van der Waals surface area contributed by atoms with E-state index in [1.165, 1.54) is 13.2 Å². The Morgan fingerprint density at radius 3 is 2.58 bits per heavy atom. The number of hydrogen-bond acceptors (Lipinski definition) is 3. The minimum atomic E-state index is -0.367. The van der Waals surface area contributed by atoms with E-state index >= 15 is 0 Å². The molecule has 0 spiro atoms. The van der Waals surface area contributed by atoms with Gasteiger partial charge in [-0.05, 0) is 30.3 Å². The van der Waals surface area contributed by atoms with Crippen molar-refractivity contribution in [2.45, 2.75) is 6.92 Å². The molecule has 0 atom stereocenters. The number of amides is 2. The molecule has 6 heteroatoms.